The molecule has 0 saturated heterocycles. The van der Waals surface area contributed by atoms with Gasteiger partial charge in [0.25, 0.3) is 0 Å². The van der Waals surface area contributed by atoms with E-state index in [0.717, 1.165) is 9.87 Å². The van der Waals surface area contributed by atoms with E-state index in [1.54, 1.807) is 19.1 Å². The Labute approximate surface area is 106 Å². The third-order valence-electron chi connectivity index (χ3n) is 2.36. The van der Waals surface area contributed by atoms with Crippen LogP contribution in [-0.2, 0) is 10.2 Å². The second kappa shape index (κ2) is 5.23. The second-order valence-corrected chi connectivity index (χ2v) is 5.79. The molecular formula is C10H16N4O3S. The van der Waals surface area contributed by atoms with E-state index in [-0.39, 0.29) is 5.84 Å². The predicted molar refractivity (Wildman–Crippen MR) is 69.9 cm³/mol. The Morgan fingerprint density at radius 2 is 2.06 bits per heavy atom. The zero-order chi connectivity index (χ0) is 13.9. The van der Waals surface area contributed by atoms with Gasteiger partial charge in [-0.3, -0.25) is 4.72 Å². The lowest BCUT2D eigenvalue weighted by atomic mass is 10.1. The van der Waals surface area contributed by atoms with Crippen molar-refractivity contribution in [2.24, 2.45) is 10.9 Å². The Morgan fingerprint density at radius 1 is 1.44 bits per heavy atom. The van der Waals surface area contributed by atoms with Gasteiger partial charge in [-0.25, -0.2) is 0 Å². The first-order chi connectivity index (χ1) is 8.27. The van der Waals surface area contributed by atoms with E-state index in [1.165, 1.54) is 20.2 Å². The van der Waals surface area contributed by atoms with Crippen molar-refractivity contribution in [1.82, 2.24) is 4.31 Å². The van der Waals surface area contributed by atoms with Crippen LogP contribution in [0.1, 0.15) is 11.1 Å². The molecule has 0 spiro atoms. The van der Waals surface area contributed by atoms with Crippen molar-refractivity contribution in [1.29, 1.82) is 0 Å². The van der Waals surface area contributed by atoms with Gasteiger partial charge in [-0.05, 0) is 18.6 Å². The molecule has 1 aromatic rings. The Hall–Kier alpha value is -1.80. The lowest BCUT2D eigenvalue weighted by Gasteiger charge is -2.15. The third-order valence-corrected chi connectivity index (χ3v) is 3.80. The summed E-state index contributed by atoms with van der Waals surface area (Å²) in [5.74, 6) is -0.0831. The minimum absolute atomic E-state index is 0.0831. The molecule has 100 valence electrons. The quantitative estimate of drug-likeness (QED) is 0.317. The van der Waals surface area contributed by atoms with Crippen LogP contribution in [-0.4, -0.2) is 37.9 Å². The molecular weight excluding hydrogens is 256 g/mol. The summed E-state index contributed by atoms with van der Waals surface area (Å²) in [6.07, 6.45) is 0. The van der Waals surface area contributed by atoms with Gasteiger partial charge in [0, 0.05) is 19.7 Å². The maximum atomic E-state index is 11.7. The van der Waals surface area contributed by atoms with E-state index >= 15 is 0 Å². The molecule has 0 amide bonds. The average molecular weight is 272 g/mol. The zero-order valence-corrected chi connectivity index (χ0v) is 11.2. The maximum Gasteiger partial charge on any atom is 0.301 e. The topological polar surface area (TPSA) is 108 Å². The minimum Gasteiger partial charge on any atom is -0.409 e. The molecule has 8 heteroatoms. The van der Waals surface area contributed by atoms with Gasteiger partial charge in [-0.1, -0.05) is 17.3 Å². The number of rotatable bonds is 4. The Morgan fingerprint density at radius 3 is 2.56 bits per heavy atom. The van der Waals surface area contributed by atoms with Crippen molar-refractivity contribution < 1.29 is 13.6 Å². The van der Waals surface area contributed by atoms with Gasteiger partial charge >= 0.3 is 10.2 Å². The van der Waals surface area contributed by atoms with Crippen molar-refractivity contribution in [2.45, 2.75) is 6.92 Å². The van der Waals surface area contributed by atoms with Gasteiger partial charge in [0.15, 0.2) is 5.84 Å². The van der Waals surface area contributed by atoms with E-state index < -0.39 is 10.2 Å². The number of anilines is 1. The summed E-state index contributed by atoms with van der Waals surface area (Å²) in [5, 5.41) is 11.5. The van der Waals surface area contributed by atoms with Crippen molar-refractivity contribution in [2.75, 3.05) is 18.8 Å². The van der Waals surface area contributed by atoms with E-state index in [2.05, 4.69) is 9.88 Å². The van der Waals surface area contributed by atoms with Crippen LogP contribution >= 0.6 is 0 Å². The van der Waals surface area contributed by atoms with Crippen LogP contribution in [0.25, 0.3) is 0 Å². The summed E-state index contributed by atoms with van der Waals surface area (Å²) in [7, 11) is -0.739. The normalized spacial score (nSPS) is 12.8. The van der Waals surface area contributed by atoms with Gasteiger partial charge in [0.2, 0.25) is 0 Å². The highest BCUT2D eigenvalue weighted by atomic mass is 32.2. The van der Waals surface area contributed by atoms with Gasteiger partial charge in [-0.15, -0.1) is 0 Å². The first-order valence-electron chi connectivity index (χ1n) is 5.06. The number of aryl methyl sites for hydroxylation is 1. The molecule has 0 aromatic heterocycles. The number of nitrogens with zero attached hydrogens (tertiary/aromatic N) is 2. The molecule has 0 bridgehead atoms. The monoisotopic (exact) mass is 272 g/mol. The minimum atomic E-state index is -3.58. The number of oxime groups is 1. The standard InChI is InChI=1S/C10H16N4O3S/c1-7-4-5-8(10(11)12-15)6-9(7)13-18(16,17)14(2)3/h4-6,13,15H,1-3H3,(H2,11,12). The highest BCUT2D eigenvalue weighted by Gasteiger charge is 2.15. The van der Waals surface area contributed by atoms with Crippen LogP contribution in [0.2, 0.25) is 0 Å². The van der Waals surface area contributed by atoms with Crippen LogP contribution in [0.3, 0.4) is 0 Å². The molecule has 1 rings (SSSR count). The van der Waals surface area contributed by atoms with Crippen LogP contribution in [0.5, 0.6) is 0 Å². The van der Waals surface area contributed by atoms with Gasteiger partial charge in [0.05, 0.1) is 5.69 Å². The van der Waals surface area contributed by atoms with E-state index in [0.29, 0.717) is 11.3 Å². The third kappa shape index (κ3) is 3.11. The van der Waals surface area contributed by atoms with Gasteiger partial charge < -0.3 is 10.9 Å². The SMILES string of the molecule is Cc1ccc(/C(N)=N/O)cc1NS(=O)(=O)N(C)C. The molecule has 1 aromatic carbocycles. The van der Waals surface area contributed by atoms with Crippen LogP contribution in [0.15, 0.2) is 23.4 Å². The number of hydrogen-bond acceptors (Lipinski definition) is 4. The van der Waals surface area contributed by atoms with Gasteiger partial charge in [-0.2, -0.15) is 12.7 Å². The van der Waals surface area contributed by atoms with E-state index in [4.69, 9.17) is 10.9 Å². The molecule has 0 heterocycles. The summed E-state index contributed by atoms with van der Waals surface area (Å²) < 4.78 is 26.9. The lowest BCUT2D eigenvalue weighted by Crippen LogP contribution is -2.29. The highest BCUT2D eigenvalue weighted by Crippen LogP contribution is 2.18. The zero-order valence-electron chi connectivity index (χ0n) is 10.4. The fourth-order valence-corrected chi connectivity index (χ4v) is 1.86. The summed E-state index contributed by atoms with van der Waals surface area (Å²) in [5.41, 5.74) is 6.99. The number of nitrogens with one attached hydrogen (secondary N) is 1. The van der Waals surface area contributed by atoms with Gasteiger partial charge in [0.1, 0.15) is 0 Å². The average Bonchev–Trinajstić information content (AvgIpc) is 2.30. The fraction of sp³-hybridized carbons (Fsp3) is 0.300. The van der Waals surface area contributed by atoms with E-state index in [1.807, 2.05) is 0 Å². The molecule has 0 aliphatic heterocycles. The Balaban J connectivity index is 3.18. The summed E-state index contributed by atoms with van der Waals surface area (Å²) in [6, 6.07) is 4.82. The molecule has 0 radical (unpaired) electrons. The maximum absolute atomic E-state index is 11.7. The van der Waals surface area contributed by atoms with E-state index in [9.17, 15) is 8.42 Å². The molecule has 0 aliphatic rings. The largest absolute Gasteiger partial charge is 0.409 e. The van der Waals surface area contributed by atoms with Crippen molar-refractivity contribution in [3.63, 3.8) is 0 Å². The number of benzene rings is 1. The number of nitrogens with two attached hydrogens (primary N) is 1. The molecule has 0 atom stereocenters. The first-order valence-corrected chi connectivity index (χ1v) is 6.50. The smallest absolute Gasteiger partial charge is 0.301 e. The first kappa shape index (κ1) is 14.3. The molecule has 18 heavy (non-hydrogen) atoms. The van der Waals surface area contributed by atoms with Crippen molar-refractivity contribution in [3.05, 3.63) is 29.3 Å². The summed E-state index contributed by atoms with van der Waals surface area (Å²) >= 11 is 0. The van der Waals surface area contributed by atoms with Crippen LogP contribution in [0.4, 0.5) is 5.69 Å². The van der Waals surface area contributed by atoms with Crippen molar-refractivity contribution >= 4 is 21.7 Å². The highest BCUT2D eigenvalue weighted by molar-refractivity contribution is 7.90. The lowest BCUT2D eigenvalue weighted by molar-refractivity contribution is 0.318. The summed E-state index contributed by atoms with van der Waals surface area (Å²) in [6.45, 7) is 1.75. The molecule has 7 nitrogen and oxygen atoms in total. The molecule has 4 N–H and O–H groups in total. The number of amidine groups is 1. The molecule has 0 saturated carbocycles. The van der Waals surface area contributed by atoms with Crippen LogP contribution < -0.4 is 10.5 Å². The fourth-order valence-electron chi connectivity index (χ4n) is 1.18. The Bertz CT molecular complexity index is 566. The molecule has 0 fully saturated rings. The predicted octanol–water partition coefficient (Wildman–Crippen LogP) is 0.308. The van der Waals surface area contributed by atoms with Crippen molar-refractivity contribution in [3.8, 4) is 0 Å². The summed E-state index contributed by atoms with van der Waals surface area (Å²) in [4.78, 5) is 0. The number of hydrogen-bond donors (Lipinski definition) is 3. The molecule has 0 unspecified atom stereocenters. The molecule has 0 aliphatic carbocycles. The van der Waals surface area contributed by atoms with Crippen LogP contribution in [0, 0.1) is 6.92 Å². The Kier molecular flexibility index (Phi) is 4.15. The second-order valence-electron chi connectivity index (χ2n) is 3.90.